The normalized spacial score (nSPS) is 18.0. The Hall–Kier alpha value is -3.74. The monoisotopic (exact) mass is 636 g/mol. The Labute approximate surface area is 263 Å². The predicted octanol–water partition coefficient (Wildman–Crippen LogP) is 3.76. The van der Waals surface area contributed by atoms with E-state index in [-0.39, 0.29) is 23.1 Å². The number of thiazole rings is 1. The third-order valence-corrected chi connectivity index (χ3v) is 14.0. The maximum Gasteiger partial charge on any atom is 0.412 e. The molecular weight excluding hydrogens is 597 g/mol. The van der Waals surface area contributed by atoms with Gasteiger partial charge in [0.2, 0.25) is 6.29 Å². The third-order valence-electron chi connectivity index (χ3n) is 7.98. The second-order valence-electron chi connectivity index (χ2n) is 12.3. The van der Waals surface area contributed by atoms with Gasteiger partial charge in [-0.25, -0.2) is 9.78 Å². The summed E-state index contributed by atoms with van der Waals surface area (Å²) < 4.78 is 17.2. The minimum atomic E-state index is -2.64. The van der Waals surface area contributed by atoms with Crippen LogP contribution < -0.4 is 20.6 Å². The molecule has 0 radical (unpaired) electrons. The van der Waals surface area contributed by atoms with Gasteiger partial charge in [0.15, 0.2) is 5.13 Å². The maximum atomic E-state index is 13.0. The number of anilines is 1. The molecule has 3 heterocycles. The SMILES string of the molecule is CC(=O)OC(C)OC(=O)N1CC[C@H](NC(=O)c2csc(N3CC(O[Si](c4ccccc4)(c4ccccc4)C(C)(C)C)C3)n2)C1. The highest BCUT2D eigenvalue weighted by Crippen LogP contribution is 2.39. The van der Waals surface area contributed by atoms with Crippen molar-refractivity contribution in [1.82, 2.24) is 15.2 Å². The molecule has 44 heavy (non-hydrogen) atoms. The fraction of sp³-hybridized carbons (Fsp3) is 0.438. The number of carbonyl (C=O) groups is 3. The van der Waals surface area contributed by atoms with Crippen molar-refractivity contribution in [2.75, 3.05) is 31.1 Å². The van der Waals surface area contributed by atoms with Gasteiger partial charge in [0.1, 0.15) is 5.69 Å². The summed E-state index contributed by atoms with van der Waals surface area (Å²) in [6.07, 6.45) is -0.931. The molecule has 3 aromatic rings. The first-order valence-corrected chi connectivity index (χ1v) is 17.7. The summed E-state index contributed by atoms with van der Waals surface area (Å²) in [5, 5.41) is 7.94. The van der Waals surface area contributed by atoms with E-state index in [1.165, 1.54) is 40.5 Å². The average Bonchev–Trinajstić information content (AvgIpc) is 3.63. The number of nitrogens with one attached hydrogen (secondary N) is 1. The van der Waals surface area contributed by atoms with Crippen LogP contribution in [0.1, 0.15) is 51.5 Å². The molecule has 2 saturated heterocycles. The zero-order valence-electron chi connectivity index (χ0n) is 25.8. The van der Waals surface area contributed by atoms with Crippen LogP contribution >= 0.6 is 11.3 Å². The minimum absolute atomic E-state index is 0.0373. The quantitative estimate of drug-likeness (QED) is 0.215. The molecule has 2 amide bonds. The molecule has 2 fully saturated rings. The number of aromatic nitrogens is 1. The van der Waals surface area contributed by atoms with E-state index in [2.05, 4.69) is 84.5 Å². The molecule has 0 spiro atoms. The number of ether oxygens (including phenoxy) is 2. The minimum Gasteiger partial charge on any atom is -0.426 e. The molecule has 1 N–H and O–H groups in total. The molecule has 0 bridgehead atoms. The van der Waals surface area contributed by atoms with E-state index in [4.69, 9.17) is 13.9 Å². The summed E-state index contributed by atoms with van der Waals surface area (Å²) in [6.45, 7) is 11.7. The zero-order valence-corrected chi connectivity index (χ0v) is 27.6. The number of nitrogens with zero attached hydrogens (tertiary/aromatic N) is 3. The fourth-order valence-corrected chi connectivity index (χ4v) is 11.4. The van der Waals surface area contributed by atoms with Crippen molar-refractivity contribution >= 4 is 53.1 Å². The molecular formula is C32H40N4O6SSi. The number of hydrogen-bond donors (Lipinski definition) is 1. The number of hydrogen-bond acceptors (Lipinski definition) is 9. The van der Waals surface area contributed by atoms with E-state index >= 15 is 0 Å². The van der Waals surface area contributed by atoms with E-state index in [0.717, 1.165) is 5.13 Å². The molecule has 2 aliphatic heterocycles. The van der Waals surface area contributed by atoms with Crippen LogP contribution in [0.15, 0.2) is 66.0 Å². The molecule has 0 aliphatic carbocycles. The van der Waals surface area contributed by atoms with Gasteiger partial charge in [0.05, 0.1) is 6.10 Å². The maximum absolute atomic E-state index is 13.0. The van der Waals surface area contributed by atoms with Crippen molar-refractivity contribution in [3.63, 3.8) is 0 Å². The Morgan fingerprint density at radius 2 is 1.59 bits per heavy atom. The van der Waals surface area contributed by atoms with Gasteiger partial charge in [-0.1, -0.05) is 81.4 Å². The van der Waals surface area contributed by atoms with Gasteiger partial charge in [-0.3, -0.25) is 9.59 Å². The van der Waals surface area contributed by atoms with Crippen LogP contribution in [0.5, 0.6) is 0 Å². The van der Waals surface area contributed by atoms with E-state index in [1.807, 2.05) is 12.1 Å². The first-order valence-electron chi connectivity index (χ1n) is 14.9. The van der Waals surface area contributed by atoms with Crippen molar-refractivity contribution in [3.8, 4) is 0 Å². The van der Waals surface area contributed by atoms with Crippen molar-refractivity contribution in [2.45, 2.75) is 64.5 Å². The summed E-state index contributed by atoms with van der Waals surface area (Å²) >= 11 is 1.44. The number of esters is 1. The predicted molar refractivity (Wildman–Crippen MR) is 172 cm³/mol. The molecule has 1 unspecified atom stereocenters. The molecule has 12 heteroatoms. The second-order valence-corrected chi connectivity index (χ2v) is 17.4. The number of likely N-dealkylation sites (tertiary alicyclic amines) is 1. The van der Waals surface area contributed by atoms with Crippen LogP contribution in [-0.4, -0.2) is 80.8 Å². The highest BCUT2D eigenvalue weighted by molar-refractivity contribution is 7.14. The van der Waals surface area contributed by atoms with Crippen molar-refractivity contribution in [1.29, 1.82) is 0 Å². The van der Waals surface area contributed by atoms with Crippen LogP contribution in [0, 0.1) is 0 Å². The van der Waals surface area contributed by atoms with Crippen molar-refractivity contribution < 1.29 is 28.3 Å². The van der Waals surface area contributed by atoms with Crippen molar-refractivity contribution in [2.24, 2.45) is 0 Å². The lowest BCUT2D eigenvalue weighted by atomic mass is 10.2. The first kappa shape index (κ1) is 31.7. The molecule has 1 aromatic heterocycles. The molecule has 10 nitrogen and oxygen atoms in total. The van der Waals surface area contributed by atoms with E-state index in [0.29, 0.717) is 38.3 Å². The Morgan fingerprint density at radius 1 is 0.977 bits per heavy atom. The summed E-state index contributed by atoms with van der Waals surface area (Å²) in [7, 11) is -2.64. The molecule has 2 aliphatic rings. The van der Waals surface area contributed by atoms with Gasteiger partial charge in [-0.15, -0.1) is 11.3 Å². The Bertz CT molecular complexity index is 1420. The Balaban J connectivity index is 1.19. The number of benzene rings is 2. The third kappa shape index (κ3) is 6.82. The average molecular weight is 637 g/mol. The highest BCUT2D eigenvalue weighted by Gasteiger charge is 2.52. The summed E-state index contributed by atoms with van der Waals surface area (Å²) in [5.41, 5.74) is 0.353. The molecule has 0 saturated carbocycles. The van der Waals surface area contributed by atoms with Crippen LogP contribution in [0.25, 0.3) is 0 Å². The largest absolute Gasteiger partial charge is 0.426 e. The van der Waals surface area contributed by atoms with Gasteiger partial charge >= 0.3 is 12.1 Å². The molecule has 2 aromatic carbocycles. The van der Waals surface area contributed by atoms with E-state index in [1.54, 1.807) is 5.38 Å². The van der Waals surface area contributed by atoms with E-state index in [9.17, 15) is 14.4 Å². The topological polar surface area (TPSA) is 110 Å². The van der Waals surface area contributed by atoms with Gasteiger partial charge in [0.25, 0.3) is 14.2 Å². The van der Waals surface area contributed by atoms with Crippen LogP contribution in [0.3, 0.4) is 0 Å². The van der Waals surface area contributed by atoms with Crippen LogP contribution in [0.2, 0.25) is 5.04 Å². The van der Waals surface area contributed by atoms with Gasteiger partial charge in [-0.2, -0.15) is 0 Å². The van der Waals surface area contributed by atoms with Gasteiger partial charge in [0, 0.05) is 51.4 Å². The summed E-state index contributed by atoms with van der Waals surface area (Å²) in [5.74, 6) is -0.804. The second kappa shape index (κ2) is 13.1. The van der Waals surface area contributed by atoms with Gasteiger partial charge in [-0.05, 0) is 21.8 Å². The lowest BCUT2D eigenvalue weighted by molar-refractivity contribution is -0.163. The number of carbonyl (C=O) groups excluding carboxylic acids is 3. The number of rotatable bonds is 9. The Kier molecular flexibility index (Phi) is 9.42. The first-order chi connectivity index (χ1) is 21.0. The lowest BCUT2D eigenvalue weighted by Crippen LogP contribution is -2.70. The van der Waals surface area contributed by atoms with Crippen molar-refractivity contribution in [3.05, 3.63) is 71.7 Å². The van der Waals surface area contributed by atoms with Gasteiger partial charge < -0.3 is 29.0 Å². The molecule has 2 atom stereocenters. The lowest BCUT2D eigenvalue weighted by Gasteiger charge is -2.49. The highest BCUT2D eigenvalue weighted by atomic mass is 32.1. The summed E-state index contributed by atoms with van der Waals surface area (Å²) in [6, 6.07) is 21.0. The fourth-order valence-electron chi connectivity index (χ4n) is 5.90. The smallest absolute Gasteiger partial charge is 0.412 e. The molecule has 5 rings (SSSR count). The molecule has 234 valence electrons. The zero-order chi connectivity index (χ0) is 31.5. The standard InChI is InChI=1S/C32H40N4O6SSi/c1-22(37)40-23(2)41-31(39)35-17-16-24(18-35)33-29(38)28-21-43-30(34-28)36-19-25(20-36)42-44(32(3,4)5,26-12-8-6-9-13-26)27-14-10-7-11-15-27/h6-15,21,23-25H,16-20H2,1-5H3,(H,33,38)/t23?,24-/m0/s1. The van der Waals surface area contributed by atoms with Crippen LogP contribution in [-0.2, 0) is 18.7 Å². The van der Waals surface area contributed by atoms with Crippen LogP contribution in [0.4, 0.5) is 9.93 Å². The Morgan fingerprint density at radius 3 is 2.16 bits per heavy atom. The van der Waals surface area contributed by atoms with E-state index < -0.39 is 26.7 Å². The summed E-state index contributed by atoms with van der Waals surface area (Å²) in [4.78, 5) is 44.7. The number of amides is 2.